The third-order valence-electron chi connectivity index (χ3n) is 2.21. The Bertz CT molecular complexity index is 537. The molecule has 0 aliphatic carbocycles. The fraction of sp³-hybridized carbons (Fsp3) is 0.0833. The second-order valence-corrected chi connectivity index (χ2v) is 4.78. The molecule has 0 saturated carbocycles. The van der Waals surface area contributed by atoms with Crippen LogP contribution in [0, 0.1) is 5.82 Å². The Morgan fingerprint density at radius 3 is 2.89 bits per heavy atom. The van der Waals surface area contributed by atoms with Gasteiger partial charge in [-0.25, -0.2) is 4.39 Å². The predicted octanol–water partition coefficient (Wildman–Crippen LogP) is 3.38. The van der Waals surface area contributed by atoms with E-state index in [-0.39, 0.29) is 18.0 Å². The van der Waals surface area contributed by atoms with Crippen LogP contribution in [-0.4, -0.2) is 5.84 Å². The lowest BCUT2D eigenvalue weighted by Crippen LogP contribution is -2.12. The molecule has 0 aliphatic heterocycles. The van der Waals surface area contributed by atoms with E-state index in [4.69, 9.17) is 22.2 Å². The summed E-state index contributed by atoms with van der Waals surface area (Å²) in [5, 5.41) is 5.91. The van der Waals surface area contributed by atoms with Crippen LogP contribution in [0.4, 0.5) is 4.39 Å². The van der Waals surface area contributed by atoms with Crippen molar-refractivity contribution >= 4 is 28.8 Å². The molecule has 18 heavy (non-hydrogen) atoms. The number of halogens is 2. The number of benzene rings is 1. The van der Waals surface area contributed by atoms with Crippen LogP contribution in [0.5, 0.6) is 0 Å². The van der Waals surface area contributed by atoms with Crippen LogP contribution in [0.15, 0.2) is 40.9 Å². The van der Waals surface area contributed by atoms with Crippen molar-refractivity contribution in [1.29, 1.82) is 0 Å². The minimum atomic E-state index is -0.424. The van der Waals surface area contributed by atoms with Crippen molar-refractivity contribution in [1.82, 2.24) is 0 Å². The minimum absolute atomic E-state index is 0.0580. The number of hydrogen-bond donors (Lipinski definition) is 1. The molecule has 6 heteroatoms. The Hall–Kier alpha value is -1.59. The van der Waals surface area contributed by atoms with Crippen molar-refractivity contribution in [2.75, 3.05) is 0 Å². The van der Waals surface area contributed by atoms with Crippen molar-refractivity contribution in [2.45, 2.75) is 6.61 Å². The fourth-order valence-corrected chi connectivity index (χ4v) is 2.14. The zero-order valence-corrected chi connectivity index (χ0v) is 10.8. The highest BCUT2D eigenvalue weighted by molar-refractivity contribution is 7.12. The van der Waals surface area contributed by atoms with E-state index in [2.05, 4.69) is 5.16 Å². The number of oxime groups is 1. The zero-order chi connectivity index (χ0) is 13.0. The summed E-state index contributed by atoms with van der Waals surface area (Å²) in [6, 6.07) is 8.12. The van der Waals surface area contributed by atoms with E-state index in [1.807, 2.05) is 17.5 Å². The lowest BCUT2D eigenvalue weighted by atomic mass is 10.2. The van der Waals surface area contributed by atoms with Crippen LogP contribution in [0.2, 0.25) is 5.02 Å². The minimum Gasteiger partial charge on any atom is -0.389 e. The Morgan fingerprint density at radius 1 is 1.39 bits per heavy atom. The molecule has 1 aromatic carbocycles. The number of amidine groups is 1. The molecule has 1 aromatic heterocycles. The first kappa shape index (κ1) is 12.9. The van der Waals surface area contributed by atoms with Crippen LogP contribution >= 0.6 is 22.9 Å². The lowest BCUT2D eigenvalue weighted by molar-refractivity contribution is 0.128. The molecule has 0 saturated heterocycles. The molecule has 2 N–H and O–H groups in total. The molecule has 0 fully saturated rings. The molecule has 2 aromatic rings. The zero-order valence-electron chi connectivity index (χ0n) is 9.27. The van der Waals surface area contributed by atoms with Gasteiger partial charge in [0.05, 0.1) is 9.90 Å². The average Bonchev–Trinajstić information content (AvgIpc) is 2.86. The molecule has 0 radical (unpaired) electrons. The summed E-state index contributed by atoms with van der Waals surface area (Å²) >= 11 is 7.29. The molecule has 0 aliphatic rings. The van der Waals surface area contributed by atoms with Gasteiger partial charge in [-0.2, -0.15) is 0 Å². The molecule has 0 atom stereocenters. The van der Waals surface area contributed by atoms with Crippen LogP contribution in [-0.2, 0) is 11.4 Å². The standard InChI is InChI=1S/C12H10ClFN2OS/c13-9-3-1-4-10(14)8(9)7-17-16-12(15)11-5-2-6-18-11/h1-6H,7H2,(H2,15,16). The van der Waals surface area contributed by atoms with Gasteiger partial charge in [-0.3, -0.25) is 0 Å². The highest BCUT2D eigenvalue weighted by atomic mass is 35.5. The Kier molecular flexibility index (Phi) is 4.17. The normalized spacial score (nSPS) is 11.6. The summed E-state index contributed by atoms with van der Waals surface area (Å²) in [4.78, 5) is 5.81. The van der Waals surface area contributed by atoms with Crippen LogP contribution < -0.4 is 5.73 Å². The fourth-order valence-electron chi connectivity index (χ4n) is 1.31. The quantitative estimate of drug-likeness (QED) is 0.531. The molecule has 1 heterocycles. The van der Waals surface area contributed by atoms with Crippen molar-refractivity contribution in [2.24, 2.45) is 10.9 Å². The summed E-state index contributed by atoms with van der Waals surface area (Å²) in [7, 11) is 0. The lowest BCUT2D eigenvalue weighted by Gasteiger charge is -2.04. The van der Waals surface area contributed by atoms with Gasteiger partial charge in [0, 0.05) is 5.56 Å². The van der Waals surface area contributed by atoms with Crippen molar-refractivity contribution in [3.8, 4) is 0 Å². The van der Waals surface area contributed by atoms with E-state index in [0.29, 0.717) is 5.02 Å². The average molecular weight is 285 g/mol. The molecule has 0 amide bonds. The van der Waals surface area contributed by atoms with Gasteiger partial charge in [0.15, 0.2) is 5.84 Å². The van der Waals surface area contributed by atoms with Crippen molar-refractivity contribution in [3.63, 3.8) is 0 Å². The maximum Gasteiger partial charge on any atom is 0.180 e. The summed E-state index contributed by atoms with van der Waals surface area (Å²) in [6.07, 6.45) is 0. The molecule has 0 unspecified atom stereocenters. The van der Waals surface area contributed by atoms with E-state index < -0.39 is 5.82 Å². The Morgan fingerprint density at radius 2 is 2.22 bits per heavy atom. The van der Waals surface area contributed by atoms with Crippen LogP contribution in [0.3, 0.4) is 0 Å². The van der Waals surface area contributed by atoms with E-state index in [1.165, 1.54) is 23.5 Å². The molecule has 3 nitrogen and oxygen atoms in total. The van der Waals surface area contributed by atoms with Crippen molar-refractivity contribution in [3.05, 3.63) is 57.0 Å². The number of nitrogens with zero attached hydrogens (tertiary/aromatic N) is 1. The van der Waals surface area contributed by atoms with Gasteiger partial charge in [0.2, 0.25) is 0 Å². The summed E-state index contributed by atoms with van der Waals surface area (Å²) < 4.78 is 13.4. The highest BCUT2D eigenvalue weighted by Crippen LogP contribution is 2.19. The molecule has 0 spiro atoms. The first-order valence-electron chi connectivity index (χ1n) is 5.10. The van der Waals surface area contributed by atoms with E-state index in [0.717, 1.165) is 4.88 Å². The second-order valence-electron chi connectivity index (χ2n) is 3.43. The Balaban J connectivity index is 2.02. The molecular weight excluding hydrogens is 275 g/mol. The molecule has 2 rings (SSSR count). The van der Waals surface area contributed by atoms with E-state index in [9.17, 15) is 4.39 Å². The van der Waals surface area contributed by atoms with Gasteiger partial charge in [-0.15, -0.1) is 11.3 Å². The third kappa shape index (κ3) is 3.00. The molecule has 0 bridgehead atoms. The van der Waals surface area contributed by atoms with Gasteiger partial charge >= 0.3 is 0 Å². The number of rotatable bonds is 4. The van der Waals surface area contributed by atoms with Gasteiger partial charge in [0.25, 0.3) is 0 Å². The van der Waals surface area contributed by atoms with Crippen LogP contribution in [0.25, 0.3) is 0 Å². The Labute approximate surface area is 113 Å². The topological polar surface area (TPSA) is 47.6 Å². The smallest absolute Gasteiger partial charge is 0.180 e. The maximum atomic E-state index is 13.4. The van der Waals surface area contributed by atoms with Crippen LogP contribution in [0.1, 0.15) is 10.4 Å². The van der Waals surface area contributed by atoms with E-state index in [1.54, 1.807) is 6.07 Å². The largest absolute Gasteiger partial charge is 0.389 e. The van der Waals surface area contributed by atoms with Gasteiger partial charge in [-0.1, -0.05) is 28.9 Å². The third-order valence-corrected chi connectivity index (χ3v) is 3.45. The number of thiophene rings is 1. The molecular formula is C12H10ClFN2OS. The van der Waals surface area contributed by atoms with Gasteiger partial charge < -0.3 is 10.6 Å². The SMILES string of the molecule is N/C(=N/OCc1c(F)cccc1Cl)c1cccs1. The second kappa shape index (κ2) is 5.84. The number of hydrogen-bond acceptors (Lipinski definition) is 3. The maximum absolute atomic E-state index is 13.4. The first-order chi connectivity index (χ1) is 8.68. The highest BCUT2D eigenvalue weighted by Gasteiger charge is 2.07. The van der Waals surface area contributed by atoms with Crippen molar-refractivity contribution < 1.29 is 9.23 Å². The summed E-state index contributed by atoms with van der Waals surface area (Å²) in [6.45, 7) is -0.0580. The summed E-state index contributed by atoms with van der Waals surface area (Å²) in [5.41, 5.74) is 5.95. The number of nitrogens with two attached hydrogens (primary N) is 1. The predicted molar refractivity (Wildman–Crippen MR) is 71.2 cm³/mol. The summed E-state index contributed by atoms with van der Waals surface area (Å²) in [5.74, 6) is -0.162. The monoisotopic (exact) mass is 284 g/mol. The van der Waals surface area contributed by atoms with E-state index >= 15 is 0 Å². The van der Waals surface area contributed by atoms with Gasteiger partial charge in [-0.05, 0) is 23.6 Å². The first-order valence-corrected chi connectivity index (χ1v) is 6.36. The molecule has 94 valence electrons. The van der Waals surface area contributed by atoms with Gasteiger partial charge in [0.1, 0.15) is 12.4 Å².